The zero-order valence-electron chi connectivity index (χ0n) is 33.6. The summed E-state index contributed by atoms with van der Waals surface area (Å²) in [7, 11) is 0. The molecule has 8 aromatic carbocycles. The first-order chi connectivity index (χ1) is 25.9. The summed E-state index contributed by atoms with van der Waals surface area (Å²) >= 11 is 0. The van der Waals surface area contributed by atoms with Crippen LogP contribution in [0.3, 0.4) is 0 Å². The largest absolute Gasteiger partial charge is 0.456 e. The number of fused-ring (bicyclic) bond motifs is 6. The van der Waals surface area contributed by atoms with Gasteiger partial charge in [-0.05, 0) is 83.9 Å². The quantitative estimate of drug-likeness (QED) is 0.197. The maximum absolute atomic E-state index is 9.59. The van der Waals surface area contributed by atoms with Crippen molar-refractivity contribution in [1.29, 1.82) is 0 Å². The lowest BCUT2D eigenvalue weighted by molar-refractivity contribution is 0.669. The fourth-order valence-electron chi connectivity index (χ4n) is 6.28. The van der Waals surface area contributed by atoms with Crippen molar-refractivity contribution < 1.29 is 19.5 Å². The van der Waals surface area contributed by atoms with E-state index in [1.165, 1.54) is 0 Å². The van der Waals surface area contributed by atoms with Crippen molar-refractivity contribution in [3.05, 3.63) is 157 Å². The highest BCUT2D eigenvalue weighted by Crippen LogP contribution is 2.47. The number of furan rings is 1. The van der Waals surface area contributed by atoms with Crippen LogP contribution in [0.2, 0.25) is 0 Å². The second-order valence-corrected chi connectivity index (χ2v) is 10.4. The molecule has 200 valence electrons. The molecule has 0 fully saturated rings. The third kappa shape index (κ3) is 3.65. The van der Waals surface area contributed by atoms with Crippen LogP contribution >= 0.6 is 0 Å². The molecule has 0 saturated heterocycles. The minimum Gasteiger partial charge on any atom is -0.456 e. The average molecular weight is 558 g/mol. The Morgan fingerprint density at radius 1 is 0.372 bits per heavy atom. The molecule has 43 heavy (non-hydrogen) atoms. The molecule has 0 N–H and O–H groups in total. The van der Waals surface area contributed by atoms with E-state index in [1.54, 1.807) is 0 Å². The first-order valence-electron chi connectivity index (χ1n) is 19.4. The van der Waals surface area contributed by atoms with Gasteiger partial charge in [-0.25, -0.2) is 0 Å². The fourth-order valence-corrected chi connectivity index (χ4v) is 6.28. The topological polar surface area (TPSA) is 13.1 Å². The lowest BCUT2D eigenvalue weighted by Crippen LogP contribution is -1.92. The predicted molar refractivity (Wildman–Crippen MR) is 183 cm³/mol. The summed E-state index contributed by atoms with van der Waals surface area (Å²) in [6, 6.07) is 22.6. The molecular formula is C42H26O. The van der Waals surface area contributed by atoms with Gasteiger partial charge in [0.25, 0.3) is 0 Å². The normalized spacial score (nSPS) is 15.3. The van der Waals surface area contributed by atoms with Crippen molar-refractivity contribution in [2.24, 2.45) is 0 Å². The van der Waals surface area contributed by atoms with E-state index in [1.807, 2.05) is 91.0 Å². The molecule has 0 aliphatic carbocycles. The van der Waals surface area contributed by atoms with E-state index >= 15 is 0 Å². The lowest BCUT2D eigenvalue weighted by Gasteiger charge is -2.19. The zero-order valence-corrected chi connectivity index (χ0v) is 22.6. The fraction of sp³-hybridized carbons (Fsp3) is 0. The van der Waals surface area contributed by atoms with Crippen molar-refractivity contribution in [2.45, 2.75) is 0 Å². The van der Waals surface area contributed by atoms with Gasteiger partial charge < -0.3 is 4.42 Å². The molecule has 1 nitrogen and oxygen atoms in total. The van der Waals surface area contributed by atoms with E-state index in [0.29, 0.717) is 21.9 Å². The number of para-hydroxylation sites is 1. The van der Waals surface area contributed by atoms with Crippen LogP contribution < -0.4 is 0 Å². The molecule has 1 heterocycles. The third-order valence-corrected chi connectivity index (χ3v) is 8.10. The standard InChI is InChI=1S/C42H26O/c1-2-12-27(13-3-1)29-24-25-38(31-15-5-4-14-30(29)31)42-36-19-8-6-17-34(36)41(35-18-7-9-20-37(35)42)28-22-23-33-32-16-10-11-21-39(32)43-40(33)26-28/h1-26H/i1D,2D,3D,4D,5D,12D,13D,14D,15D,24D,25D. The molecule has 0 bridgehead atoms. The number of hydrogen-bond donors (Lipinski definition) is 0. The van der Waals surface area contributed by atoms with Gasteiger partial charge in [-0.3, -0.25) is 0 Å². The van der Waals surface area contributed by atoms with Gasteiger partial charge in [0.2, 0.25) is 0 Å². The summed E-state index contributed by atoms with van der Waals surface area (Å²) in [5.74, 6) is 0. The zero-order chi connectivity index (χ0) is 37.9. The van der Waals surface area contributed by atoms with Crippen LogP contribution in [0.1, 0.15) is 15.1 Å². The smallest absolute Gasteiger partial charge is 0.136 e. The van der Waals surface area contributed by atoms with Crippen LogP contribution in [0.4, 0.5) is 0 Å². The van der Waals surface area contributed by atoms with Crippen LogP contribution in [0.15, 0.2) is 162 Å². The molecule has 0 unspecified atom stereocenters. The van der Waals surface area contributed by atoms with Crippen LogP contribution in [0, 0.1) is 0 Å². The molecule has 0 aliphatic heterocycles. The van der Waals surface area contributed by atoms with Gasteiger partial charge in [-0.15, -0.1) is 0 Å². The van der Waals surface area contributed by atoms with Gasteiger partial charge in [-0.2, -0.15) is 0 Å². The van der Waals surface area contributed by atoms with Gasteiger partial charge in [-0.1, -0.05) is 139 Å². The predicted octanol–water partition coefficient (Wildman–Crippen LogP) is 12.0. The van der Waals surface area contributed by atoms with Gasteiger partial charge in [0.15, 0.2) is 0 Å². The molecule has 0 aliphatic rings. The van der Waals surface area contributed by atoms with E-state index in [-0.39, 0.29) is 21.9 Å². The maximum Gasteiger partial charge on any atom is 0.136 e. The first-order valence-corrected chi connectivity index (χ1v) is 13.9. The number of hydrogen-bond acceptors (Lipinski definition) is 1. The molecule has 0 saturated carbocycles. The summed E-state index contributed by atoms with van der Waals surface area (Å²) in [6.07, 6.45) is 0. The van der Waals surface area contributed by atoms with Crippen LogP contribution in [-0.2, 0) is 0 Å². The van der Waals surface area contributed by atoms with Gasteiger partial charge in [0.05, 0.1) is 15.1 Å². The van der Waals surface area contributed by atoms with Crippen LogP contribution in [0.25, 0.3) is 87.6 Å². The maximum atomic E-state index is 9.59. The van der Waals surface area contributed by atoms with Crippen LogP contribution in [0.5, 0.6) is 0 Å². The number of benzene rings is 8. The molecule has 1 aromatic heterocycles. The van der Waals surface area contributed by atoms with Gasteiger partial charge in [0, 0.05) is 10.8 Å². The third-order valence-electron chi connectivity index (χ3n) is 8.10. The highest BCUT2D eigenvalue weighted by Gasteiger charge is 2.19. The Kier molecular flexibility index (Phi) is 3.41. The molecule has 1 heteroatoms. The van der Waals surface area contributed by atoms with E-state index in [0.717, 1.165) is 38.3 Å². The summed E-state index contributed by atoms with van der Waals surface area (Å²) in [6.45, 7) is 0. The summed E-state index contributed by atoms with van der Waals surface area (Å²) < 4.78 is 103. The molecule has 0 radical (unpaired) electrons. The highest BCUT2D eigenvalue weighted by molar-refractivity contribution is 6.24. The molecule has 0 spiro atoms. The highest BCUT2D eigenvalue weighted by atomic mass is 16.3. The monoisotopic (exact) mass is 557 g/mol. The molecular weight excluding hydrogens is 520 g/mol. The SMILES string of the molecule is [2H]c1c([2H])c([2H])c(-c2c([2H])c([2H])c(-c3c4ccccc4c(-c4ccc5c(c4)oc4ccccc45)c4ccccc34)c3c([2H])c([2H])c([2H])c([2H])c23)c([2H])c1[2H]. The molecule has 0 atom stereocenters. The van der Waals surface area contributed by atoms with Crippen molar-refractivity contribution in [1.82, 2.24) is 0 Å². The summed E-state index contributed by atoms with van der Waals surface area (Å²) in [4.78, 5) is 0. The van der Waals surface area contributed by atoms with E-state index in [4.69, 9.17) is 15.4 Å². The van der Waals surface area contributed by atoms with Gasteiger partial charge in [0.1, 0.15) is 11.2 Å². The van der Waals surface area contributed by atoms with E-state index < -0.39 is 72.0 Å². The minimum atomic E-state index is -0.664. The summed E-state index contributed by atoms with van der Waals surface area (Å²) in [5.41, 5.74) is 3.04. The second-order valence-electron chi connectivity index (χ2n) is 10.4. The molecule has 0 amide bonds. The van der Waals surface area contributed by atoms with Crippen molar-refractivity contribution in [3.63, 3.8) is 0 Å². The molecule has 9 aromatic rings. The van der Waals surface area contributed by atoms with Crippen molar-refractivity contribution in [2.75, 3.05) is 0 Å². The summed E-state index contributed by atoms with van der Waals surface area (Å²) in [5, 5.41) is 4.58. The Hall–Kier alpha value is -5.66. The number of rotatable bonds is 3. The first kappa shape index (κ1) is 15.5. The van der Waals surface area contributed by atoms with Crippen molar-refractivity contribution >= 4 is 54.3 Å². The second kappa shape index (κ2) is 9.44. The Bertz CT molecular complexity index is 3040. The molecule has 9 rings (SSSR count). The minimum absolute atomic E-state index is 0.0739. The van der Waals surface area contributed by atoms with E-state index in [9.17, 15) is 4.11 Å². The van der Waals surface area contributed by atoms with Crippen LogP contribution in [-0.4, -0.2) is 0 Å². The average Bonchev–Trinajstić information content (AvgIpc) is 3.56. The van der Waals surface area contributed by atoms with Gasteiger partial charge >= 0.3 is 0 Å². The Morgan fingerprint density at radius 3 is 1.60 bits per heavy atom. The Morgan fingerprint density at radius 2 is 0.907 bits per heavy atom. The van der Waals surface area contributed by atoms with E-state index in [2.05, 4.69) is 0 Å². The van der Waals surface area contributed by atoms with Crippen molar-refractivity contribution in [3.8, 4) is 33.4 Å². The Balaban J connectivity index is 1.46. The lowest BCUT2D eigenvalue weighted by atomic mass is 9.83. The Labute approximate surface area is 264 Å².